The third-order valence-corrected chi connectivity index (χ3v) is 9.82. The molecule has 196 valence electrons. The average Bonchev–Trinajstić information content (AvgIpc) is 3.13. The van der Waals surface area contributed by atoms with Gasteiger partial charge in [-0.1, -0.05) is 51.9 Å². The fraction of sp³-hybridized carbons (Fsp3) is 0.679. The molecule has 36 heavy (non-hydrogen) atoms. The van der Waals surface area contributed by atoms with E-state index >= 15 is 0 Å². The van der Waals surface area contributed by atoms with E-state index in [-0.39, 0.29) is 40.1 Å². The van der Waals surface area contributed by atoms with Crippen LogP contribution in [0.15, 0.2) is 27.8 Å². The number of carbonyl (C=O) groups is 2. The Hall–Kier alpha value is -2.29. The monoisotopic (exact) mass is 499 g/mol. The number of rotatable bonds is 5. The molecule has 8 nitrogen and oxygen atoms in total. The van der Waals surface area contributed by atoms with E-state index in [1.807, 2.05) is 20.8 Å². The summed E-state index contributed by atoms with van der Waals surface area (Å²) in [5.41, 5.74) is -2.30. The molecule has 1 spiro atoms. The SMILES string of the molecule is CCc1noc(CC)c1C(=O)O[C@H]1C(C)=C[C@@]23C(=O)[C@@H](C=C(CO)[C@@H](O)[C@]12O)[C@H]1[C@@H](C[C@H]3C)C1(C)C. The molecule has 2 fully saturated rings. The molecule has 0 amide bonds. The maximum Gasteiger partial charge on any atom is 0.344 e. The normalized spacial score (nSPS) is 40.4. The molecule has 2 saturated carbocycles. The lowest BCUT2D eigenvalue weighted by Gasteiger charge is -2.48. The third-order valence-electron chi connectivity index (χ3n) is 9.82. The smallest absolute Gasteiger partial charge is 0.344 e. The number of hydrogen-bond donors (Lipinski definition) is 3. The van der Waals surface area contributed by atoms with E-state index in [0.717, 1.165) is 0 Å². The van der Waals surface area contributed by atoms with Crippen molar-refractivity contribution in [3.05, 3.63) is 40.3 Å². The molecule has 0 radical (unpaired) electrons. The molecule has 2 bridgehead atoms. The summed E-state index contributed by atoms with van der Waals surface area (Å²) in [4.78, 5) is 27.9. The van der Waals surface area contributed by atoms with Crippen LogP contribution in [-0.4, -0.2) is 56.6 Å². The molecule has 8 heteroatoms. The number of aliphatic hydroxyl groups excluding tert-OH is 2. The molecule has 0 aliphatic heterocycles. The number of fused-ring (bicyclic) bond motifs is 3. The Labute approximate surface area is 211 Å². The van der Waals surface area contributed by atoms with Crippen molar-refractivity contribution in [3.63, 3.8) is 0 Å². The van der Waals surface area contributed by atoms with Crippen molar-refractivity contribution in [2.45, 2.75) is 78.6 Å². The number of aromatic nitrogens is 1. The van der Waals surface area contributed by atoms with E-state index in [9.17, 15) is 24.9 Å². The molecule has 1 heterocycles. The van der Waals surface area contributed by atoms with Crippen LogP contribution in [-0.2, 0) is 22.4 Å². The zero-order chi connectivity index (χ0) is 26.4. The Balaban J connectivity index is 1.63. The van der Waals surface area contributed by atoms with Gasteiger partial charge in [-0.25, -0.2) is 4.79 Å². The number of ether oxygens (including phenoxy) is 1. The number of esters is 1. The molecular weight excluding hydrogens is 462 g/mol. The first-order chi connectivity index (χ1) is 16.9. The summed E-state index contributed by atoms with van der Waals surface area (Å²) in [7, 11) is 0. The topological polar surface area (TPSA) is 130 Å². The summed E-state index contributed by atoms with van der Waals surface area (Å²) >= 11 is 0. The summed E-state index contributed by atoms with van der Waals surface area (Å²) in [6, 6.07) is 0. The lowest BCUT2D eigenvalue weighted by molar-refractivity contribution is -0.190. The van der Waals surface area contributed by atoms with E-state index in [1.165, 1.54) is 0 Å². The third kappa shape index (κ3) is 2.95. The predicted molar refractivity (Wildman–Crippen MR) is 130 cm³/mol. The van der Waals surface area contributed by atoms with Gasteiger partial charge in [0.2, 0.25) is 0 Å². The molecular formula is C28H37NO7. The van der Waals surface area contributed by atoms with Crippen molar-refractivity contribution in [1.82, 2.24) is 5.16 Å². The summed E-state index contributed by atoms with van der Waals surface area (Å²) in [6.07, 6.45) is 2.11. The highest BCUT2D eigenvalue weighted by Gasteiger charge is 2.76. The van der Waals surface area contributed by atoms with Crippen molar-refractivity contribution >= 4 is 11.8 Å². The van der Waals surface area contributed by atoms with Crippen LogP contribution in [0.1, 0.15) is 69.8 Å². The van der Waals surface area contributed by atoms with E-state index in [0.29, 0.717) is 36.3 Å². The maximum atomic E-state index is 14.4. The number of carbonyl (C=O) groups excluding carboxylic acids is 2. The van der Waals surface area contributed by atoms with Gasteiger partial charge in [0.15, 0.2) is 23.2 Å². The number of allylic oxidation sites excluding steroid dienone is 1. The van der Waals surface area contributed by atoms with Crippen LogP contribution >= 0.6 is 0 Å². The molecule has 3 N–H and O–H groups in total. The van der Waals surface area contributed by atoms with Gasteiger partial charge in [0.1, 0.15) is 11.7 Å². The minimum Gasteiger partial charge on any atom is -0.451 e. The lowest BCUT2D eigenvalue weighted by Crippen LogP contribution is -2.65. The quantitative estimate of drug-likeness (QED) is 0.417. The molecule has 4 aliphatic rings. The van der Waals surface area contributed by atoms with Gasteiger partial charge < -0.3 is 24.6 Å². The predicted octanol–water partition coefficient (Wildman–Crippen LogP) is 2.79. The average molecular weight is 500 g/mol. The number of aliphatic hydroxyl groups is 3. The van der Waals surface area contributed by atoms with Gasteiger partial charge in [0.25, 0.3) is 0 Å². The Bertz CT molecular complexity index is 1160. The van der Waals surface area contributed by atoms with Crippen molar-refractivity contribution in [2.24, 2.45) is 34.5 Å². The summed E-state index contributed by atoms with van der Waals surface area (Å²) in [5, 5.41) is 38.3. The molecule has 8 atom stereocenters. The molecule has 1 aromatic rings. The zero-order valence-electron chi connectivity index (χ0n) is 21.9. The fourth-order valence-corrected chi connectivity index (χ4v) is 7.84. The number of aryl methyl sites for hydroxylation is 2. The van der Waals surface area contributed by atoms with Gasteiger partial charge >= 0.3 is 5.97 Å². The highest BCUT2D eigenvalue weighted by molar-refractivity contribution is 5.96. The van der Waals surface area contributed by atoms with E-state index in [4.69, 9.17) is 9.26 Å². The number of Topliss-reactive ketones (excluding diaryl/α,β-unsaturated/α-hetero) is 1. The van der Waals surface area contributed by atoms with Crippen LogP contribution < -0.4 is 0 Å². The second-order valence-electron chi connectivity index (χ2n) is 11.8. The molecule has 0 saturated heterocycles. The summed E-state index contributed by atoms with van der Waals surface area (Å²) < 4.78 is 11.3. The van der Waals surface area contributed by atoms with Crippen molar-refractivity contribution in [1.29, 1.82) is 0 Å². The van der Waals surface area contributed by atoms with Gasteiger partial charge in [-0.2, -0.15) is 0 Å². The van der Waals surface area contributed by atoms with Gasteiger partial charge in [0.05, 0.1) is 17.7 Å². The first kappa shape index (κ1) is 25.4. The van der Waals surface area contributed by atoms with Crippen LogP contribution in [0.25, 0.3) is 0 Å². The summed E-state index contributed by atoms with van der Waals surface area (Å²) in [5.74, 6) is -1.02. The van der Waals surface area contributed by atoms with E-state index in [2.05, 4.69) is 19.0 Å². The van der Waals surface area contributed by atoms with Gasteiger partial charge in [0, 0.05) is 12.3 Å². The van der Waals surface area contributed by atoms with Crippen LogP contribution in [0.5, 0.6) is 0 Å². The molecule has 0 aromatic carbocycles. The van der Waals surface area contributed by atoms with Gasteiger partial charge in [-0.3, -0.25) is 4.79 Å². The van der Waals surface area contributed by atoms with Crippen LogP contribution in [0.2, 0.25) is 0 Å². The Morgan fingerprint density at radius 3 is 2.58 bits per heavy atom. The maximum absolute atomic E-state index is 14.4. The second kappa shape index (κ2) is 8.10. The standard InChI is InChI=1S/C28H37NO7/c1-7-18-20(19(8-2)36-29-18)25(33)35-24-13(3)11-27-14(4)9-17-21(26(17,5)6)16(23(27)32)10-15(12-30)22(31)28(24,27)34/h10-11,14,16-17,21-22,24,30-31,34H,7-9,12H2,1-6H3/t14-,16+,17-,21+,22-,24+,27-,28+/m1/s1. The van der Waals surface area contributed by atoms with Crippen LogP contribution in [0.3, 0.4) is 0 Å². The molecule has 4 aliphatic carbocycles. The second-order valence-corrected chi connectivity index (χ2v) is 11.8. The van der Waals surface area contributed by atoms with E-state index in [1.54, 1.807) is 19.1 Å². The number of hydrogen-bond acceptors (Lipinski definition) is 8. The van der Waals surface area contributed by atoms with Crippen molar-refractivity contribution in [2.75, 3.05) is 6.61 Å². The molecule has 5 rings (SSSR count). The van der Waals surface area contributed by atoms with Crippen LogP contribution in [0, 0.1) is 34.5 Å². The Morgan fingerprint density at radius 2 is 1.97 bits per heavy atom. The number of nitrogens with zero attached hydrogens (tertiary/aromatic N) is 1. The fourth-order valence-electron chi connectivity index (χ4n) is 7.84. The number of ketones is 1. The molecule has 0 unspecified atom stereocenters. The van der Waals surface area contributed by atoms with Crippen LogP contribution in [0.4, 0.5) is 0 Å². The van der Waals surface area contributed by atoms with Gasteiger partial charge in [-0.05, 0) is 54.1 Å². The first-order valence-corrected chi connectivity index (χ1v) is 13.1. The zero-order valence-corrected chi connectivity index (χ0v) is 21.9. The van der Waals surface area contributed by atoms with Gasteiger partial charge in [-0.15, -0.1) is 0 Å². The first-order valence-electron chi connectivity index (χ1n) is 13.1. The largest absolute Gasteiger partial charge is 0.451 e. The minimum absolute atomic E-state index is 0.0503. The van der Waals surface area contributed by atoms with Crippen molar-refractivity contribution < 1.29 is 34.2 Å². The van der Waals surface area contributed by atoms with E-state index < -0.39 is 41.7 Å². The van der Waals surface area contributed by atoms with Crippen molar-refractivity contribution in [3.8, 4) is 0 Å². The summed E-state index contributed by atoms with van der Waals surface area (Å²) in [6.45, 7) is 11.1. The Kier molecular flexibility index (Phi) is 5.71. The highest BCUT2D eigenvalue weighted by Crippen LogP contribution is 2.71. The molecule has 1 aromatic heterocycles. The minimum atomic E-state index is -2.16. The Morgan fingerprint density at radius 1 is 1.28 bits per heavy atom. The lowest BCUT2D eigenvalue weighted by atomic mass is 9.59. The highest BCUT2D eigenvalue weighted by atomic mass is 16.6.